The highest BCUT2D eigenvalue weighted by Gasteiger charge is 2.56. The Bertz CT molecular complexity index is 919. The third-order valence-electron chi connectivity index (χ3n) is 7.14. The molecule has 1 aliphatic carbocycles. The Labute approximate surface area is 194 Å². The van der Waals surface area contributed by atoms with Gasteiger partial charge in [-0.2, -0.15) is 0 Å². The van der Waals surface area contributed by atoms with Crippen LogP contribution in [0.2, 0.25) is 0 Å². The molecule has 0 radical (unpaired) electrons. The summed E-state index contributed by atoms with van der Waals surface area (Å²) in [5.74, 6) is -3.46. The summed E-state index contributed by atoms with van der Waals surface area (Å²) in [6.07, 6.45) is -0.856. The molecule has 2 N–H and O–H groups in total. The summed E-state index contributed by atoms with van der Waals surface area (Å²) < 4.78 is 40.2. The van der Waals surface area contributed by atoms with E-state index >= 15 is 0 Å². The molecule has 3 heterocycles. The van der Waals surface area contributed by atoms with Crippen LogP contribution in [0.4, 0.5) is 8.78 Å². The number of rotatable bonds is 4. The van der Waals surface area contributed by atoms with Crippen LogP contribution >= 0.6 is 10.9 Å². The molecule has 3 aliphatic rings. The number of aliphatic hydroxyl groups excluding tert-OH is 1. The SMILES string of the molecule is Cc1cccnc1C([SH]1C[C@H](O)[C@@H](N=[N+]=[N-])[C@H]2OC(C)(C)OC[C@H]21)C1(O)CCC(F)(F)CC1. The van der Waals surface area contributed by atoms with Gasteiger partial charge in [-0.1, -0.05) is 11.2 Å². The molecule has 11 heteroatoms. The normalized spacial score (nSPS) is 36.8. The number of alkyl halides is 2. The molecule has 1 saturated carbocycles. The lowest BCUT2D eigenvalue weighted by atomic mass is 9.79. The van der Waals surface area contributed by atoms with Crippen molar-refractivity contribution < 1.29 is 28.5 Å². The van der Waals surface area contributed by atoms with E-state index in [1.807, 2.05) is 13.0 Å². The molecule has 1 aromatic rings. The highest BCUT2D eigenvalue weighted by Crippen LogP contribution is 2.61. The summed E-state index contributed by atoms with van der Waals surface area (Å²) in [4.78, 5) is 7.50. The van der Waals surface area contributed by atoms with Gasteiger partial charge in [0.1, 0.15) is 0 Å². The summed E-state index contributed by atoms with van der Waals surface area (Å²) in [5.41, 5.74) is 9.21. The Balaban J connectivity index is 1.78. The zero-order chi connectivity index (χ0) is 24.0. The van der Waals surface area contributed by atoms with E-state index in [-0.39, 0.29) is 23.8 Å². The first-order chi connectivity index (χ1) is 15.5. The molecule has 2 saturated heterocycles. The topological polar surface area (TPSA) is 121 Å². The van der Waals surface area contributed by atoms with E-state index < -0.39 is 64.5 Å². The van der Waals surface area contributed by atoms with Gasteiger partial charge in [-0.15, -0.1) is 0 Å². The zero-order valence-electron chi connectivity index (χ0n) is 19.1. The second kappa shape index (κ2) is 8.94. The molecule has 2 aliphatic heterocycles. The lowest BCUT2D eigenvalue weighted by Crippen LogP contribution is -2.61. The van der Waals surface area contributed by atoms with Crippen molar-refractivity contribution >= 4 is 10.9 Å². The van der Waals surface area contributed by atoms with Crippen LogP contribution in [0.25, 0.3) is 10.4 Å². The lowest BCUT2D eigenvalue weighted by Gasteiger charge is -2.56. The van der Waals surface area contributed by atoms with Gasteiger partial charge < -0.3 is 19.7 Å². The van der Waals surface area contributed by atoms with Gasteiger partial charge in [0.15, 0.2) is 5.79 Å². The number of azide groups is 1. The molecule has 0 spiro atoms. The van der Waals surface area contributed by atoms with Gasteiger partial charge in [-0.3, -0.25) is 4.98 Å². The van der Waals surface area contributed by atoms with Crippen molar-refractivity contribution in [3.8, 4) is 0 Å². The average Bonchev–Trinajstić information content (AvgIpc) is 2.74. The van der Waals surface area contributed by atoms with Crippen LogP contribution in [0.5, 0.6) is 0 Å². The largest absolute Gasteiger partial charge is 0.392 e. The maximum absolute atomic E-state index is 14.0. The van der Waals surface area contributed by atoms with Gasteiger partial charge in [0.05, 0.1) is 41.4 Å². The number of fused-ring (bicyclic) bond motifs is 1. The van der Waals surface area contributed by atoms with Crippen molar-refractivity contribution in [2.75, 3.05) is 12.4 Å². The number of aliphatic hydroxyl groups is 2. The smallest absolute Gasteiger partial charge is 0.248 e. The number of pyridine rings is 1. The van der Waals surface area contributed by atoms with Crippen LogP contribution < -0.4 is 0 Å². The average molecular weight is 487 g/mol. The van der Waals surface area contributed by atoms with E-state index in [1.54, 1.807) is 26.1 Å². The standard InChI is InChI=1S/C22H32F2N4O4S/c1-13-5-4-10-26-16(13)19(21(30)6-8-22(23,24)9-7-21)33-12-14(29)17(27-28-25)18-15(33)11-31-20(2,3)32-18/h4-5,10,14-15,17-19,29-30,33H,6-9,11-12H2,1-3H3/t14-,15+,17+,18-,19?/m0/s1. The maximum atomic E-state index is 14.0. The van der Waals surface area contributed by atoms with Crippen LogP contribution in [0.15, 0.2) is 23.4 Å². The molecule has 0 bridgehead atoms. The van der Waals surface area contributed by atoms with Crippen LogP contribution in [-0.4, -0.2) is 68.4 Å². The Morgan fingerprint density at radius 3 is 2.64 bits per heavy atom. The summed E-state index contributed by atoms with van der Waals surface area (Å²) in [6.45, 7) is 5.71. The highest BCUT2D eigenvalue weighted by molar-refractivity contribution is 8.18. The number of hydrogen-bond donors (Lipinski definition) is 3. The molecule has 0 amide bonds. The number of thiol groups is 1. The minimum absolute atomic E-state index is 0.0556. The number of aryl methyl sites for hydroxylation is 1. The lowest BCUT2D eigenvalue weighted by molar-refractivity contribution is -0.277. The van der Waals surface area contributed by atoms with Crippen molar-refractivity contribution in [2.24, 2.45) is 5.11 Å². The summed E-state index contributed by atoms with van der Waals surface area (Å²) in [5, 5.41) is 25.9. The van der Waals surface area contributed by atoms with Crippen molar-refractivity contribution in [2.45, 2.75) is 92.5 Å². The van der Waals surface area contributed by atoms with E-state index in [0.717, 1.165) is 5.56 Å². The van der Waals surface area contributed by atoms with Gasteiger partial charge in [0, 0.05) is 35.0 Å². The quantitative estimate of drug-likeness (QED) is 0.258. The van der Waals surface area contributed by atoms with E-state index in [0.29, 0.717) is 12.3 Å². The van der Waals surface area contributed by atoms with Crippen LogP contribution in [0, 0.1) is 6.92 Å². The van der Waals surface area contributed by atoms with Gasteiger partial charge in [0.25, 0.3) is 0 Å². The number of nitrogens with zero attached hydrogens (tertiary/aromatic N) is 4. The molecule has 8 nitrogen and oxygen atoms in total. The fraction of sp³-hybridized carbons (Fsp3) is 0.773. The van der Waals surface area contributed by atoms with Crippen LogP contribution in [0.3, 0.4) is 0 Å². The Morgan fingerprint density at radius 1 is 1.30 bits per heavy atom. The first-order valence-electron chi connectivity index (χ1n) is 11.3. The molecule has 33 heavy (non-hydrogen) atoms. The van der Waals surface area contributed by atoms with E-state index in [2.05, 4.69) is 15.0 Å². The first-order valence-corrected chi connectivity index (χ1v) is 12.9. The van der Waals surface area contributed by atoms with Crippen LogP contribution in [-0.2, 0) is 9.47 Å². The zero-order valence-corrected chi connectivity index (χ0v) is 20.0. The monoisotopic (exact) mass is 486 g/mol. The minimum Gasteiger partial charge on any atom is -0.392 e. The molecule has 6 atom stereocenters. The second-order valence-corrected chi connectivity index (χ2v) is 12.5. The van der Waals surface area contributed by atoms with Crippen molar-refractivity contribution in [1.29, 1.82) is 0 Å². The Morgan fingerprint density at radius 2 is 2.00 bits per heavy atom. The molecule has 1 aromatic heterocycles. The summed E-state index contributed by atoms with van der Waals surface area (Å²) in [7, 11) is -1.25. The molecular weight excluding hydrogens is 454 g/mol. The van der Waals surface area contributed by atoms with Gasteiger partial charge in [0.2, 0.25) is 5.92 Å². The molecular formula is C22H32F2N4O4S. The van der Waals surface area contributed by atoms with Gasteiger partial charge >= 0.3 is 0 Å². The molecule has 3 fully saturated rings. The predicted octanol–water partition coefficient (Wildman–Crippen LogP) is 3.95. The molecule has 184 valence electrons. The molecule has 4 rings (SSSR count). The number of hydrogen-bond acceptors (Lipinski definition) is 6. The van der Waals surface area contributed by atoms with Crippen molar-refractivity contribution in [3.05, 3.63) is 40.0 Å². The Hall–Kier alpha value is -1.49. The van der Waals surface area contributed by atoms with Gasteiger partial charge in [-0.05, 0) is 50.8 Å². The molecule has 0 aromatic carbocycles. The second-order valence-electron chi connectivity index (χ2n) is 9.89. The number of halogens is 2. The van der Waals surface area contributed by atoms with Crippen LogP contribution in [0.1, 0.15) is 56.0 Å². The molecule has 2 unspecified atom stereocenters. The third-order valence-corrected chi connectivity index (χ3v) is 10.6. The number of ether oxygens (including phenoxy) is 2. The predicted molar refractivity (Wildman–Crippen MR) is 122 cm³/mol. The van der Waals surface area contributed by atoms with E-state index in [1.165, 1.54) is 0 Å². The van der Waals surface area contributed by atoms with E-state index in [9.17, 15) is 19.0 Å². The fourth-order valence-electron chi connectivity index (χ4n) is 5.41. The third kappa shape index (κ3) is 4.85. The van der Waals surface area contributed by atoms with Crippen molar-refractivity contribution in [3.63, 3.8) is 0 Å². The van der Waals surface area contributed by atoms with Crippen molar-refractivity contribution in [1.82, 2.24) is 4.98 Å². The summed E-state index contributed by atoms with van der Waals surface area (Å²) in [6, 6.07) is 2.90. The minimum atomic E-state index is -2.80. The summed E-state index contributed by atoms with van der Waals surface area (Å²) >= 11 is 0. The Kier molecular flexibility index (Phi) is 6.67. The maximum Gasteiger partial charge on any atom is 0.248 e. The fourth-order valence-corrected chi connectivity index (χ4v) is 9.26. The van der Waals surface area contributed by atoms with E-state index in [4.69, 9.17) is 15.0 Å². The highest BCUT2D eigenvalue weighted by atomic mass is 32.2. The first kappa shape index (κ1) is 24.6. The number of aromatic nitrogens is 1. The van der Waals surface area contributed by atoms with Gasteiger partial charge in [-0.25, -0.2) is 19.7 Å².